The summed E-state index contributed by atoms with van der Waals surface area (Å²) >= 11 is 0. The van der Waals surface area contributed by atoms with Crippen molar-refractivity contribution in [2.75, 3.05) is 11.2 Å². The van der Waals surface area contributed by atoms with Crippen LogP contribution in [-0.2, 0) is 11.2 Å². The molecule has 1 heterocycles. The van der Waals surface area contributed by atoms with E-state index in [0.717, 1.165) is 10.2 Å². The van der Waals surface area contributed by atoms with Gasteiger partial charge < -0.3 is 16.3 Å². The number of nitrogens with one attached hydrogen (secondary N) is 1. The number of nitrogens with two attached hydrogens (primary N) is 1. The molecule has 2 aromatic rings. The Labute approximate surface area is 120 Å². The minimum atomic E-state index is -1.01. The van der Waals surface area contributed by atoms with Gasteiger partial charge in [0.15, 0.2) is 0 Å². The number of aliphatic carboxylic acids is 1. The predicted molar refractivity (Wildman–Crippen MR) is 76.9 cm³/mol. The molecule has 1 aromatic heterocycles. The van der Waals surface area contributed by atoms with E-state index in [2.05, 4.69) is 15.5 Å². The molecule has 0 radical (unpaired) electrons. The van der Waals surface area contributed by atoms with Crippen molar-refractivity contribution in [1.29, 1.82) is 0 Å². The minimum absolute atomic E-state index is 0.0107. The third kappa shape index (κ3) is 3.56. The number of aromatic nitrogens is 3. The van der Waals surface area contributed by atoms with Gasteiger partial charge in [0.1, 0.15) is 5.69 Å². The van der Waals surface area contributed by atoms with Crippen LogP contribution in [-0.4, -0.2) is 25.9 Å². The van der Waals surface area contributed by atoms with Gasteiger partial charge in [-0.25, -0.2) is 0 Å². The van der Waals surface area contributed by atoms with Crippen molar-refractivity contribution in [3.8, 4) is 0 Å². The third-order valence-corrected chi connectivity index (χ3v) is 2.84. The first kappa shape index (κ1) is 14.5. The van der Waals surface area contributed by atoms with Gasteiger partial charge in [-0.05, 0) is 19.1 Å². The van der Waals surface area contributed by atoms with Gasteiger partial charge in [-0.1, -0.05) is 17.7 Å². The maximum Gasteiger partial charge on any atom is 0.303 e. The maximum atomic E-state index is 11.9. The molecule has 8 heteroatoms. The fourth-order valence-corrected chi connectivity index (χ4v) is 1.67. The Balaban J connectivity index is 2.22. The summed E-state index contributed by atoms with van der Waals surface area (Å²) in [7, 11) is 0. The molecule has 0 spiro atoms. The van der Waals surface area contributed by atoms with E-state index in [1.165, 1.54) is 0 Å². The molecular formula is C13H15N5O3. The first-order chi connectivity index (χ1) is 9.97. The van der Waals surface area contributed by atoms with Crippen molar-refractivity contribution in [3.63, 3.8) is 0 Å². The molecule has 110 valence electrons. The summed E-state index contributed by atoms with van der Waals surface area (Å²) in [6.07, 6.45) is -0.210. The second-order valence-electron chi connectivity index (χ2n) is 4.53. The van der Waals surface area contributed by atoms with E-state index in [1.54, 1.807) is 0 Å². The van der Waals surface area contributed by atoms with Gasteiger partial charge in [0.05, 0.1) is 6.42 Å². The molecule has 1 aromatic carbocycles. The van der Waals surface area contributed by atoms with Crippen molar-refractivity contribution in [2.24, 2.45) is 0 Å². The molecule has 21 heavy (non-hydrogen) atoms. The van der Waals surface area contributed by atoms with E-state index in [1.807, 2.05) is 31.2 Å². The SMILES string of the molecule is Cc1ccc(Nc2nnc(CCC(=O)O)c(=O)n2N)cc1. The number of hydrogen-bond donors (Lipinski definition) is 3. The van der Waals surface area contributed by atoms with Crippen LogP contribution in [0.15, 0.2) is 29.1 Å². The Bertz CT molecular complexity index is 709. The number of nitrogens with zero attached hydrogens (tertiary/aromatic N) is 3. The largest absolute Gasteiger partial charge is 0.481 e. The summed E-state index contributed by atoms with van der Waals surface area (Å²) < 4.78 is 0.823. The maximum absolute atomic E-state index is 11.9. The number of aryl methyl sites for hydroxylation is 2. The van der Waals surface area contributed by atoms with Gasteiger partial charge in [-0.15, -0.1) is 10.2 Å². The van der Waals surface area contributed by atoms with Crippen LogP contribution in [0.5, 0.6) is 0 Å². The van der Waals surface area contributed by atoms with Crippen molar-refractivity contribution in [2.45, 2.75) is 19.8 Å². The van der Waals surface area contributed by atoms with Crippen LogP contribution >= 0.6 is 0 Å². The highest BCUT2D eigenvalue weighted by Crippen LogP contribution is 2.12. The number of hydrogen-bond acceptors (Lipinski definition) is 6. The number of carboxylic acids is 1. The van der Waals surface area contributed by atoms with E-state index in [4.69, 9.17) is 10.9 Å². The average Bonchev–Trinajstić information content (AvgIpc) is 2.45. The lowest BCUT2D eigenvalue weighted by molar-refractivity contribution is -0.136. The highest BCUT2D eigenvalue weighted by Gasteiger charge is 2.11. The minimum Gasteiger partial charge on any atom is -0.481 e. The molecule has 0 aliphatic heterocycles. The summed E-state index contributed by atoms with van der Waals surface area (Å²) in [6.45, 7) is 1.96. The van der Waals surface area contributed by atoms with Crippen molar-refractivity contribution in [3.05, 3.63) is 45.9 Å². The summed E-state index contributed by atoms with van der Waals surface area (Å²) in [5.41, 5.74) is 1.27. The number of carboxylic acid groups (broad SMARTS) is 1. The average molecular weight is 289 g/mol. The smallest absolute Gasteiger partial charge is 0.303 e. The van der Waals surface area contributed by atoms with Crippen LogP contribution in [0.1, 0.15) is 17.7 Å². The Morgan fingerprint density at radius 1 is 1.33 bits per heavy atom. The van der Waals surface area contributed by atoms with Crippen LogP contribution in [0.25, 0.3) is 0 Å². The quantitative estimate of drug-likeness (QED) is 0.681. The standard InChI is InChI=1S/C13H15N5O3/c1-8-2-4-9(5-3-8)15-13-17-16-10(6-7-11(19)20)12(21)18(13)14/h2-5H,6-7,14H2,1H3,(H,15,17)(H,19,20). The van der Waals surface area contributed by atoms with Gasteiger partial charge in [0.2, 0.25) is 5.95 Å². The Hall–Kier alpha value is -2.90. The summed E-state index contributed by atoms with van der Waals surface area (Å²) in [5, 5.41) is 19.0. The molecule has 0 aliphatic rings. The molecule has 0 bridgehead atoms. The predicted octanol–water partition coefficient (Wildman–Crippen LogP) is 0.421. The van der Waals surface area contributed by atoms with Crippen molar-refractivity contribution >= 4 is 17.6 Å². The number of benzene rings is 1. The number of carbonyl (C=O) groups is 1. The Kier molecular flexibility index (Phi) is 4.17. The fourth-order valence-electron chi connectivity index (χ4n) is 1.67. The van der Waals surface area contributed by atoms with E-state index >= 15 is 0 Å². The molecule has 0 unspecified atom stereocenters. The lowest BCUT2D eigenvalue weighted by Gasteiger charge is -2.09. The van der Waals surface area contributed by atoms with Gasteiger partial charge in [-0.3, -0.25) is 9.59 Å². The monoisotopic (exact) mass is 289 g/mol. The van der Waals surface area contributed by atoms with Crippen LogP contribution in [0.4, 0.5) is 11.6 Å². The number of anilines is 2. The summed E-state index contributed by atoms with van der Waals surface area (Å²) in [4.78, 5) is 22.5. The molecule has 0 saturated heterocycles. The lowest BCUT2D eigenvalue weighted by Crippen LogP contribution is -2.34. The lowest BCUT2D eigenvalue weighted by atomic mass is 10.2. The van der Waals surface area contributed by atoms with Gasteiger partial charge in [0, 0.05) is 12.1 Å². The fraction of sp³-hybridized carbons (Fsp3) is 0.231. The summed E-state index contributed by atoms with van der Waals surface area (Å²) in [6, 6.07) is 7.44. The van der Waals surface area contributed by atoms with Gasteiger partial charge in [0.25, 0.3) is 5.56 Å². The van der Waals surface area contributed by atoms with Crippen LogP contribution in [0.2, 0.25) is 0 Å². The molecule has 0 amide bonds. The van der Waals surface area contributed by atoms with Gasteiger partial charge >= 0.3 is 5.97 Å². The molecular weight excluding hydrogens is 274 g/mol. The molecule has 0 fully saturated rings. The van der Waals surface area contributed by atoms with Crippen molar-refractivity contribution < 1.29 is 9.90 Å². The first-order valence-corrected chi connectivity index (χ1v) is 6.26. The summed E-state index contributed by atoms with van der Waals surface area (Å²) in [5.74, 6) is 4.73. The van der Waals surface area contributed by atoms with E-state index in [-0.39, 0.29) is 24.5 Å². The zero-order valence-electron chi connectivity index (χ0n) is 11.4. The second-order valence-corrected chi connectivity index (χ2v) is 4.53. The Morgan fingerprint density at radius 3 is 2.62 bits per heavy atom. The molecule has 0 atom stereocenters. The Morgan fingerprint density at radius 2 is 2.00 bits per heavy atom. The van der Waals surface area contributed by atoms with Crippen LogP contribution in [0.3, 0.4) is 0 Å². The molecule has 0 saturated carbocycles. The zero-order valence-corrected chi connectivity index (χ0v) is 11.4. The molecule has 0 aliphatic carbocycles. The van der Waals surface area contributed by atoms with Gasteiger partial charge in [-0.2, -0.15) is 4.68 Å². The zero-order chi connectivity index (χ0) is 15.4. The number of rotatable bonds is 5. The van der Waals surface area contributed by atoms with E-state index < -0.39 is 11.5 Å². The molecule has 4 N–H and O–H groups in total. The first-order valence-electron chi connectivity index (χ1n) is 6.26. The molecule has 8 nitrogen and oxygen atoms in total. The van der Waals surface area contributed by atoms with E-state index in [9.17, 15) is 9.59 Å². The number of nitrogen functional groups attached to an aromatic ring is 1. The topological polar surface area (TPSA) is 123 Å². The van der Waals surface area contributed by atoms with Crippen molar-refractivity contribution in [1.82, 2.24) is 14.9 Å². The highest BCUT2D eigenvalue weighted by molar-refractivity contribution is 5.66. The van der Waals surface area contributed by atoms with Crippen LogP contribution < -0.4 is 16.7 Å². The normalized spacial score (nSPS) is 10.3. The molecule has 2 rings (SSSR count). The third-order valence-electron chi connectivity index (χ3n) is 2.84. The highest BCUT2D eigenvalue weighted by atomic mass is 16.4. The van der Waals surface area contributed by atoms with E-state index in [0.29, 0.717) is 5.69 Å². The second kappa shape index (κ2) is 6.04. The van der Waals surface area contributed by atoms with Crippen LogP contribution in [0, 0.1) is 6.92 Å².